The molecule has 1 saturated heterocycles. The topological polar surface area (TPSA) is 126 Å². The molecule has 1 aliphatic heterocycles. The third-order valence-electron chi connectivity index (χ3n) is 4.90. The van der Waals surface area contributed by atoms with E-state index >= 15 is 0 Å². The van der Waals surface area contributed by atoms with Crippen molar-refractivity contribution in [1.29, 1.82) is 0 Å². The molecule has 30 heavy (non-hydrogen) atoms. The lowest BCUT2D eigenvalue weighted by atomic mass is 10.1. The molecule has 158 valence electrons. The zero-order valence-electron chi connectivity index (χ0n) is 16.8. The van der Waals surface area contributed by atoms with E-state index < -0.39 is 7.60 Å². The Bertz CT molecular complexity index is 1080. The molecule has 1 aromatic carbocycles. The molecular formula is C19H23N6O4P. The molecule has 11 heteroatoms. The van der Waals surface area contributed by atoms with Crippen LogP contribution in [0.1, 0.15) is 5.56 Å². The van der Waals surface area contributed by atoms with Gasteiger partial charge in [-0.25, -0.2) is 9.97 Å². The van der Waals surface area contributed by atoms with Gasteiger partial charge in [-0.1, -0.05) is 24.3 Å². The number of fused-ring (bicyclic) bond motifs is 1. The first kappa shape index (κ1) is 20.6. The van der Waals surface area contributed by atoms with Gasteiger partial charge in [-0.15, -0.1) is 0 Å². The van der Waals surface area contributed by atoms with Crippen molar-refractivity contribution in [2.24, 2.45) is 0 Å². The van der Waals surface area contributed by atoms with Crippen molar-refractivity contribution in [1.82, 2.24) is 19.9 Å². The van der Waals surface area contributed by atoms with E-state index in [0.717, 1.165) is 11.1 Å². The molecule has 2 aromatic heterocycles. The molecule has 0 aliphatic carbocycles. The molecule has 0 bridgehead atoms. The van der Waals surface area contributed by atoms with Crippen LogP contribution in [-0.2, 0) is 24.5 Å². The molecule has 0 saturated carbocycles. The number of hydrogen-bond donors (Lipinski definition) is 1. The van der Waals surface area contributed by atoms with E-state index in [0.29, 0.717) is 49.0 Å². The molecule has 3 heterocycles. The van der Waals surface area contributed by atoms with Crippen LogP contribution >= 0.6 is 7.60 Å². The minimum Gasteiger partial charge on any atom is -0.378 e. The van der Waals surface area contributed by atoms with Crippen LogP contribution in [-0.4, -0.2) is 60.5 Å². The number of aromatic nitrogens is 4. The highest BCUT2D eigenvalue weighted by molar-refractivity contribution is 7.52. The van der Waals surface area contributed by atoms with Crippen LogP contribution in [0.15, 0.2) is 30.5 Å². The summed E-state index contributed by atoms with van der Waals surface area (Å²) in [4.78, 5) is 19.9. The van der Waals surface area contributed by atoms with Crippen molar-refractivity contribution in [3.8, 4) is 11.3 Å². The zero-order valence-corrected chi connectivity index (χ0v) is 17.7. The van der Waals surface area contributed by atoms with Gasteiger partial charge >= 0.3 is 7.60 Å². The van der Waals surface area contributed by atoms with Crippen LogP contribution in [0.2, 0.25) is 0 Å². The molecule has 1 aliphatic rings. The molecule has 0 atom stereocenters. The third-order valence-corrected chi connectivity index (χ3v) is 6.76. The number of rotatable bonds is 6. The monoisotopic (exact) mass is 430 g/mol. The van der Waals surface area contributed by atoms with Crippen LogP contribution < -0.4 is 10.6 Å². The van der Waals surface area contributed by atoms with Gasteiger partial charge in [0.15, 0.2) is 17.0 Å². The number of anilines is 2. The Hall–Kier alpha value is -2.65. The van der Waals surface area contributed by atoms with Gasteiger partial charge in [0, 0.05) is 32.9 Å². The highest BCUT2D eigenvalue weighted by atomic mass is 31.2. The summed E-state index contributed by atoms with van der Waals surface area (Å²) in [6, 6.07) is 7.53. The highest BCUT2D eigenvalue weighted by Crippen LogP contribution is 2.49. The predicted octanol–water partition coefficient (Wildman–Crippen LogP) is 2.49. The molecule has 1 fully saturated rings. The van der Waals surface area contributed by atoms with Crippen LogP contribution in [0, 0.1) is 0 Å². The fourth-order valence-corrected chi connectivity index (χ4v) is 4.32. The maximum absolute atomic E-state index is 12.3. The number of benzene rings is 1. The zero-order chi connectivity index (χ0) is 21.1. The Morgan fingerprint density at radius 2 is 1.80 bits per heavy atom. The molecule has 10 nitrogen and oxygen atoms in total. The maximum Gasteiger partial charge on any atom is 0.334 e. The van der Waals surface area contributed by atoms with Crippen molar-refractivity contribution in [3.05, 3.63) is 36.0 Å². The summed E-state index contributed by atoms with van der Waals surface area (Å²) < 4.78 is 27.8. The van der Waals surface area contributed by atoms with E-state index in [1.54, 1.807) is 6.20 Å². The van der Waals surface area contributed by atoms with Gasteiger partial charge in [0.05, 0.1) is 31.3 Å². The summed E-state index contributed by atoms with van der Waals surface area (Å²) in [7, 11) is -0.364. The Labute approximate surface area is 174 Å². The standard InChI is InChI=1S/C19H23N6O4P/c1-27-30(26,28-2)12-13-3-5-14(6-4-13)15-11-21-17-16(22-15)18(24-19(20)23-17)25-7-9-29-10-8-25/h3-6,11H,7-10,12H2,1-2H3,(H2,20,21,23,24). The van der Waals surface area contributed by atoms with Crippen LogP contribution in [0.25, 0.3) is 22.4 Å². The van der Waals surface area contributed by atoms with E-state index in [-0.39, 0.29) is 12.1 Å². The average Bonchev–Trinajstić information content (AvgIpc) is 2.79. The van der Waals surface area contributed by atoms with Gasteiger partial charge in [0.2, 0.25) is 5.95 Å². The lowest BCUT2D eigenvalue weighted by Crippen LogP contribution is -2.37. The predicted molar refractivity (Wildman–Crippen MR) is 113 cm³/mol. The quantitative estimate of drug-likeness (QED) is 0.583. The number of nitrogens with zero attached hydrogens (tertiary/aromatic N) is 5. The van der Waals surface area contributed by atoms with Crippen molar-refractivity contribution in [2.45, 2.75) is 6.16 Å². The summed E-state index contributed by atoms with van der Waals surface area (Å²) in [5.74, 6) is 0.823. The number of nitrogen functional groups attached to an aromatic ring is 1. The van der Waals surface area contributed by atoms with Crippen LogP contribution in [0.5, 0.6) is 0 Å². The molecule has 4 rings (SSSR count). The summed E-state index contributed by atoms with van der Waals surface area (Å²) in [6.07, 6.45) is 1.85. The Balaban J connectivity index is 1.68. The van der Waals surface area contributed by atoms with Crippen molar-refractivity contribution in [3.63, 3.8) is 0 Å². The van der Waals surface area contributed by atoms with Crippen molar-refractivity contribution < 1.29 is 18.3 Å². The van der Waals surface area contributed by atoms with Gasteiger partial charge in [-0.2, -0.15) is 9.97 Å². The van der Waals surface area contributed by atoms with E-state index in [1.165, 1.54) is 14.2 Å². The van der Waals surface area contributed by atoms with E-state index in [4.69, 9.17) is 24.5 Å². The maximum atomic E-state index is 12.3. The molecule has 3 aromatic rings. The van der Waals surface area contributed by atoms with Gasteiger partial charge in [-0.05, 0) is 5.56 Å². The summed E-state index contributed by atoms with van der Waals surface area (Å²) >= 11 is 0. The van der Waals surface area contributed by atoms with Gasteiger partial charge < -0.3 is 24.4 Å². The molecular weight excluding hydrogens is 407 g/mol. The molecule has 0 unspecified atom stereocenters. The van der Waals surface area contributed by atoms with Crippen molar-refractivity contribution >= 4 is 30.5 Å². The van der Waals surface area contributed by atoms with E-state index in [2.05, 4.69) is 19.9 Å². The number of ether oxygens (including phenoxy) is 1. The Kier molecular flexibility index (Phi) is 5.92. The SMILES string of the molecule is COP(=O)(Cc1ccc(-c2cnc3nc(N)nc(N4CCOCC4)c3n2)cc1)OC. The number of morpholine rings is 1. The second kappa shape index (κ2) is 8.61. The molecule has 0 amide bonds. The van der Waals surface area contributed by atoms with Crippen LogP contribution in [0.4, 0.5) is 11.8 Å². The molecule has 0 radical (unpaired) electrons. The van der Waals surface area contributed by atoms with E-state index in [1.807, 2.05) is 24.3 Å². The van der Waals surface area contributed by atoms with Crippen LogP contribution in [0.3, 0.4) is 0 Å². The summed E-state index contributed by atoms with van der Waals surface area (Å²) in [5.41, 5.74) is 9.30. The first-order valence-corrected chi connectivity index (χ1v) is 11.2. The average molecular weight is 430 g/mol. The van der Waals surface area contributed by atoms with Gasteiger partial charge in [0.1, 0.15) is 0 Å². The molecule has 2 N–H and O–H groups in total. The lowest BCUT2D eigenvalue weighted by Gasteiger charge is -2.28. The minimum atomic E-state index is -3.12. The Morgan fingerprint density at radius 3 is 2.47 bits per heavy atom. The number of nitrogens with two attached hydrogens (primary N) is 1. The fourth-order valence-electron chi connectivity index (χ4n) is 3.25. The van der Waals surface area contributed by atoms with E-state index in [9.17, 15) is 4.57 Å². The second-order valence-corrected chi connectivity index (χ2v) is 9.03. The second-order valence-electron chi connectivity index (χ2n) is 6.76. The minimum absolute atomic E-state index is 0.163. The highest BCUT2D eigenvalue weighted by Gasteiger charge is 2.22. The smallest absolute Gasteiger partial charge is 0.334 e. The largest absolute Gasteiger partial charge is 0.378 e. The van der Waals surface area contributed by atoms with Gasteiger partial charge in [-0.3, -0.25) is 4.57 Å². The normalized spacial score (nSPS) is 14.9. The van der Waals surface area contributed by atoms with Crippen molar-refractivity contribution in [2.75, 3.05) is 51.2 Å². The fraction of sp³-hybridized carbons (Fsp3) is 0.368. The third kappa shape index (κ3) is 4.27. The first-order chi connectivity index (χ1) is 14.5. The summed E-state index contributed by atoms with van der Waals surface area (Å²) in [5, 5.41) is 0. The molecule has 0 spiro atoms. The first-order valence-electron chi connectivity index (χ1n) is 9.44. The van der Waals surface area contributed by atoms with Gasteiger partial charge in [0.25, 0.3) is 0 Å². The Morgan fingerprint density at radius 1 is 1.10 bits per heavy atom. The summed E-state index contributed by atoms with van der Waals surface area (Å²) in [6.45, 7) is 2.63. The number of hydrogen-bond acceptors (Lipinski definition) is 10. The lowest BCUT2D eigenvalue weighted by molar-refractivity contribution is 0.122.